The summed E-state index contributed by atoms with van der Waals surface area (Å²) in [6.07, 6.45) is 2.34. The minimum Gasteiger partial charge on any atom is -0.378 e. The zero-order chi connectivity index (χ0) is 10.8. The van der Waals surface area contributed by atoms with Crippen LogP contribution in [0.4, 0.5) is 0 Å². The summed E-state index contributed by atoms with van der Waals surface area (Å²) < 4.78 is 32.3. The van der Waals surface area contributed by atoms with E-state index in [1.165, 1.54) is 0 Å². The van der Waals surface area contributed by atoms with Crippen molar-refractivity contribution in [1.82, 2.24) is 0 Å². The summed E-state index contributed by atoms with van der Waals surface area (Å²) in [4.78, 5) is 0. The number of hydrogen-bond acceptors (Lipinski definition) is 4. The summed E-state index contributed by atoms with van der Waals surface area (Å²) in [6.45, 7) is 4.71. The predicted molar refractivity (Wildman–Crippen MR) is 53.5 cm³/mol. The lowest BCUT2D eigenvalue weighted by molar-refractivity contribution is -0.0536. The Bertz CT molecular complexity index is 271. The largest absolute Gasteiger partial charge is 0.378 e. The van der Waals surface area contributed by atoms with E-state index in [1.54, 1.807) is 0 Å². The molecule has 4 nitrogen and oxygen atoms in total. The highest BCUT2D eigenvalue weighted by Crippen LogP contribution is 2.23. The van der Waals surface area contributed by atoms with E-state index in [-0.39, 0.29) is 12.2 Å². The Kier molecular flexibility index (Phi) is 3.92. The third-order valence-electron chi connectivity index (χ3n) is 2.32. The van der Waals surface area contributed by atoms with Crippen LogP contribution < -0.4 is 0 Å². The van der Waals surface area contributed by atoms with Gasteiger partial charge in [-0.25, -0.2) is 0 Å². The van der Waals surface area contributed by atoms with Crippen molar-refractivity contribution >= 4 is 10.1 Å². The predicted octanol–water partition coefficient (Wildman–Crippen LogP) is 1.17. The van der Waals surface area contributed by atoms with Crippen LogP contribution in [-0.2, 0) is 19.0 Å². The van der Waals surface area contributed by atoms with Gasteiger partial charge in [0.15, 0.2) is 0 Å². The normalized spacial score (nSPS) is 29.4. The molecule has 84 valence electrons. The molecule has 1 rings (SSSR count). The smallest absolute Gasteiger partial charge is 0.264 e. The van der Waals surface area contributed by atoms with Crippen molar-refractivity contribution in [2.45, 2.75) is 38.9 Å². The number of hydrogen-bond donors (Lipinski definition) is 0. The first kappa shape index (κ1) is 11.9. The molecule has 2 atom stereocenters. The average molecular weight is 222 g/mol. The first-order valence-electron chi connectivity index (χ1n) is 4.88. The van der Waals surface area contributed by atoms with Gasteiger partial charge in [-0.1, -0.05) is 13.8 Å². The highest BCUT2D eigenvalue weighted by molar-refractivity contribution is 7.86. The van der Waals surface area contributed by atoms with Crippen molar-refractivity contribution < 1.29 is 17.3 Å². The second-order valence-corrected chi connectivity index (χ2v) is 5.70. The van der Waals surface area contributed by atoms with Crippen LogP contribution in [0, 0.1) is 5.92 Å². The Balaban J connectivity index is 2.48. The highest BCUT2D eigenvalue weighted by atomic mass is 32.2. The zero-order valence-corrected chi connectivity index (χ0v) is 9.71. The van der Waals surface area contributed by atoms with Gasteiger partial charge in [0.2, 0.25) is 0 Å². The summed E-state index contributed by atoms with van der Waals surface area (Å²) >= 11 is 0. The van der Waals surface area contributed by atoms with Gasteiger partial charge in [-0.2, -0.15) is 8.42 Å². The van der Waals surface area contributed by atoms with Crippen molar-refractivity contribution in [3.05, 3.63) is 0 Å². The van der Waals surface area contributed by atoms with Gasteiger partial charge in [0.05, 0.1) is 18.5 Å². The summed E-state index contributed by atoms with van der Waals surface area (Å²) in [5, 5.41) is 0. The topological polar surface area (TPSA) is 52.6 Å². The van der Waals surface area contributed by atoms with Gasteiger partial charge in [-0.05, 0) is 12.3 Å². The Morgan fingerprint density at radius 3 is 2.57 bits per heavy atom. The van der Waals surface area contributed by atoms with Gasteiger partial charge in [-0.3, -0.25) is 4.18 Å². The monoisotopic (exact) mass is 222 g/mol. The molecule has 0 aromatic heterocycles. The second kappa shape index (κ2) is 4.59. The highest BCUT2D eigenvalue weighted by Gasteiger charge is 2.27. The Morgan fingerprint density at radius 2 is 2.07 bits per heavy atom. The van der Waals surface area contributed by atoms with Crippen molar-refractivity contribution in [2.24, 2.45) is 5.92 Å². The zero-order valence-electron chi connectivity index (χ0n) is 8.89. The van der Waals surface area contributed by atoms with E-state index in [9.17, 15) is 8.42 Å². The van der Waals surface area contributed by atoms with Crippen LogP contribution in [0.15, 0.2) is 0 Å². The molecule has 0 spiro atoms. The van der Waals surface area contributed by atoms with Crippen LogP contribution in [0.5, 0.6) is 0 Å². The van der Waals surface area contributed by atoms with Gasteiger partial charge < -0.3 is 4.74 Å². The third kappa shape index (κ3) is 3.94. The van der Waals surface area contributed by atoms with E-state index in [2.05, 4.69) is 13.8 Å². The molecule has 0 radical (unpaired) electrons. The van der Waals surface area contributed by atoms with Gasteiger partial charge in [0, 0.05) is 13.0 Å². The Labute approximate surface area is 85.7 Å². The van der Waals surface area contributed by atoms with Crippen molar-refractivity contribution in [3.8, 4) is 0 Å². The molecule has 1 fully saturated rings. The standard InChI is InChI=1S/C9H18O4S/c1-7(2)9-6-8(4-5-12-9)13-14(3,10)11/h7-9H,4-6H2,1-3H3. The minimum atomic E-state index is -3.33. The molecule has 0 aromatic carbocycles. The molecule has 0 aromatic rings. The molecule has 5 heteroatoms. The van der Waals surface area contributed by atoms with Crippen LogP contribution in [-0.4, -0.2) is 33.5 Å². The molecule has 14 heavy (non-hydrogen) atoms. The van der Waals surface area contributed by atoms with Crippen LogP contribution in [0.2, 0.25) is 0 Å². The lowest BCUT2D eigenvalue weighted by Gasteiger charge is -2.30. The van der Waals surface area contributed by atoms with E-state index in [0.717, 1.165) is 6.26 Å². The molecule has 0 N–H and O–H groups in total. The fourth-order valence-corrected chi connectivity index (χ4v) is 2.26. The minimum absolute atomic E-state index is 0.121. The van der Waals surface area contributed by atoms with E-state index in [0.29, 0.717) is 25.4 Å². The number of ether oxygens (including phenoxy) is 1. The lowest BCUT2D eigenvalue weighted by Crippen LogP contribution is -2.35. The number of rotatable bonds is 3. The Hall–Kier alpha value is -0.130. The first-order valence-corrected chi connectivity index (χ1v) is 6.70. The molecule has 1 saturated heterocycles. The summed E-state index contributed by atoms with van der Waals surface area (Å²) in [5.41, 5.74) is 0. The molecule has 0 saturated carbocycles. The molecule has 0 bridgehead atoms. The van der Waals surface area contributed by atoms with Crippen molar-refractivity contribution in [3.63, 3.8) is 0 Å². The van der Waals surface area contributed by atoms with E-state index in [4.69, 9.17) is 8.92 Å². The van der Waals surface area contributed by atoms with E-state index >= 15 is 0 Å². The fraction of sp³-hybridized carbons (Fsp3) is 1.00. The quantitative estimate of drug-likeness (QED) is 0.673. The summed E-state index contributed by atoms with van der Waals surface area (Å²) in [5.74, 6) is 0.404. The maximum Gasteiger partial charge on any atom is 0.264 e. The van der Waals surface area contributed by atoms with Crippen molar-refractivity contribution in [2.75, 3.05) is 12.9 Å². The molecule has 1 aliphatic rings. The van der Waals surface area contributed by atoms with E-state index in [1.807, 2.05) is 0 Å². The van der Waals surface area contributed by atoms with Crippen LogP contribution in [0.1, 0.15) is 26.7 Å². The molecule has 2 unspecified atom stereocenters. The maximum atomic E-state index is 10.9. The van der Waals surface area contributed by atoms with E-state index < -0.39 is 10.1 Å². The fourth-order valence-electron chi connectivity index (χ4n) is 1.60. The summed E-state index contributed by atoms with van der Waals surface area (Å²) in [7, 11) is -3.33. The van der Waals surface area contributed by atoms with Crippen molar-refractivity contribution in [1.29, 1.82) is 0 Å². The maximum absolute atomic E-state index is 10.9. The third-order valence-corrected chi connectivity index (χ3v) is 2.94. The molecule has 1 heterocycles. The molecule has 0 aliphatic carbocycles. The molecular formula is C9H18O4S. The molecular weight excluding hydrogens is 204 g/mol. The lowest BCUT2D eigenvalue weighted by atomic mass is 9.97. The van der Waals surface area contributed by atoms with Crippen LogP contribution >= 0.6 is 0 Å². The second-order valence-electron chi connectivity index (χ2n) is 4.10. The van der Waals surface area contributed by atoms with Gasteiger partial charge in [-0.15, -0.1) is 0 Å². The molecule has 1 aliphatic heterocycles. The summed E-state index contributed by atoms with van der Waals surface area (Å²) in [6, 6.07) is 0. The Morgan fingerprint density at radius 1 is 1.43 bits per heavy atom. The van der Waals surface area contributed by atoms with Gasteiger partial charge in [0.1, 0.15) is 0 Å². The first-order chi connectivity index (χ1) is 6.38. The average Bonchev–Trinajstić information content (AvgIpc) is 2.01. The van der Waals surface area contributed by atoms with Gasteiger partial charge >= 0.3 is 0 Å². The SMILES string of the molecule is CC(C)C1CC(OS(C)(=O)=O)CCO1. The van der Waals surface area contributed by atoms with Crippen LogP contribution in [0.25, 0.3) is 0 Å². The van der Waals surface area contributed by atoms with Crippen LogP contribution in [0.3, 0.4) is 0 Å². The van der Waals surface area contributed by atoms with Gasteiger partial charge in [0.25, 0.3) is 10.1 Å². The molecule has 0 amide bonds.